The molecule has 1 aliphatic heterocycles. The van der Waals surface area contributed by atoms with Gasteiger partial charge in [-0.15, -0.1) is 11.3 Å². The van der Waals surface area contributed by atoms with Crippen LogP contribution in [-0.4, -0.2) is 45.4 Å². The average Bonchev–Trinajstić information content (AvgIpc) is 2.99. The van der Waals surface area contributed by atoms with E-state index in [4.69, 9.17) is 5.73 Å². The van der Waals surface area contributed by atoms with Gasteiger partial charge >= 0.3 is 0 Å². The smallest absolute Gasteiger partial charge is 0.273 e. The number of hydrogen-bond acceptors (Lipinski definition) is 7. The molecular formula is C16H22N6OS. The molecule has 3 heterocycles. The third-order valence-corrected chi connectivity index (χ3v) is 5.07. The quantitative estimate of drug-likeness (QED) is 0.851. The number of aryl methyl sites for hydroxylation is 1. The Hall–Kier alpha value is -2.06. The number of amides is 1. The molecule has 2 aromatic heterocycles. The molecule has 0 bridgehead atoms. The van der Waals surface area contributed by atoms with Crippen molar-refractivity contribution in [3.05, 3.63) is 34.2 Å². The van der Waals surface area contributed by atoms with Crippen LogP contribution < -0.4 is 11.1 Å². The second kappa shape index (κ2) is 7.67. The maximum Gasteiger partial charge on any atom is 0.273 e. The number of thiazole rings is 1. The summed E-state index contributed by atoms with van der Waals surface area (Å²) in [5, 5.41) is 6.18. The van der Waals surface area contributed by atoms with Gasteiger partial charge in [-0.05, 0) is 38.8 Å². The minimum absolute atomic E-state index is 0.170. The highest BCUT2D eigenvalue weighted by Gasteiger charge is 2.21. The third kappa shape index (κ3) is 4.27. The van der Waals surface area contributed by atoms with Gasteiger partial charge in [-0.1, -0.05) is 0 Å². The van der Waals surface area contributed by atoms with Gasteiger partial charge in [0.2, 0.25) is 0 Å². The van der Waals surface area contributed by atoms with E-state index < -0.39 is 0 Å². The Morgan fingerprint density at radius 3 is 2.79 bits per heavy atom. The molecule has 2 aromatic rings. The van der Waals surface area contributed by atoms with E-state index in [1.807, 2.05) is 6.92 Å². The van der Waals surface area contributed by atoms with Crippen LogP contribution in [0.15, 0.2) is 17.8 Å². The highest BCUT2D eigenvalue weighted by atomic mass is 32.1. The minimum Gasteiger partial charge on any atom is -0.382 e. The molecule has 1 saturated heterocycles. The molecule has 1 fully saturated rings. The van der Waals surface area contributed by atoms with Crippen LogP contribution in [0.2, 0.25) is 0 Å². The molecule has 3 rings (SSSR count). The Balaban J connectivity index is 1.42. The second-order valence-electron chi connectivity index (χ2n) is 6.08. The van der Waals surface area contributed by atoms with Crippen molar-refractivity contribution in [3.63, 3.8) is 0 Å². The fraction of sp³-hybridized carbons (Fsp3) is 0.500. The molecule has 0 unspecified atom stereocenters. The Kier molecular flexibility index (Phi) is 5.37. The number of likely N-dealkylation sites (tertiary alicyclic amines) is 1. The van der Waals surface area contributed by atoms with Gasteiger partial charge in [0.15, 0.2) is 11.5 Å². The Bertz CT molecular complexity index is 695. The first-order chi connectivity index (χ1) is 11.6. The molecule has 0 saturated carbocycles. The maximum absolute atomic E-state index is 12.1. The highest BCUT2D eigenvalue weighted by Crippen LogP contribution is 2.19. The summed E-state index contributed by atoms with van der Waals surface area (Å²) in [5.74, 6) is 0.407. The molecule has 1 amide bonds. The summed E-state index contributed by atoms with van der Waals surface area (Å²) in [6.45, 7) is 5.67. The van der Waals surface area contributed by atoms with Gasteiger partial charge in [-0.25, -0.2) is 15.0 Å². The summed E-state index contributed by atoms with van der Waals surface area (Å²) >= 11 is 1.70. The number of rotatable bonds is 5. The van der Waals surface area contributed by atoms with Crippen LogP contribution in [0.4, 0.5) is 5.82 Å². The number of carbonyl (C=O) groups excluding carboxylic acids is 1. The Labute approximate surface area is 145 Å². The zero-order valence-electron chi connectivity index (χ0n) is 13.7. The van der Waals surface area contributed by atoms with E-state index in [0.717, 1.165) is 43.2 Å². The van der Waals surface area contributed by atoms with Crippen molar-refractivity contribution in [1.82, 2.24) is 25.2 Å². The molecule has 0 spiro atoms. The molecule has 1 aliphatic rings. The number of aromatic nitrogens is 3. The van der Waals surface area contributed by atoms with Gasteiger partial charge < -0.3 is 11.1 Å². The molecule has 0 aliphatic carbocycles. The largest absolute Gasteiger partial charge is 0.382 e. The topological polar surface area (TPSA) is 97.0 Å². The predicted molar refractivity (Wildman–Crippen MR) is 93.6 cm³/mol. The lowest BCUT2D eigenvalue weighted by Gasteiger charge is -2.31. The zero-order valence-corrected chi connectivity index (χ0v) is 14.6. The highest BCUT2D eigenvalue weighted by molar-refractivity contribution is 7.09. The Morgan fingerprint density at radius 2 is 2.12 bits per heavy atom. The summed E-state index contributed by atoms with van der Waals surface area (Å²) in [6.07, 6.45) is 5.09. The first-order valence-electron chi connectivity index (χ1n) is 8.10. The van der Waals surface area contributed by atoms with E-state index in [1.54, 1.807) is 11.3 Å². The molecule has 0 aromatic carbocycles. The number of nitrogens with two attached hydrogens (primary N) is 1. The molecule has 0 radical (unpaired) electrons. The molecule has 24 heavy (non-hydrogen) atoms. The summed E-state index contributed by atoms with van der Waals surface area (Å²) < 4.78 is 0. The molecule has 3 N–H and O–H groups in total. The lowest BCUT2D eigenvalue weighted by atomic mass is 9.96. The molecular weight excluding hydrogens is 324 g/mol. The standard InChI is InChI=1S/C16H22N6OS/c1-11-21-13(10-24-11)9-22-6-2-12(3-7-22)8-20-16(23)14-15(17)19-5-4-18-14/h4-5,10,12H,2-3,6-9H2,1H3,(H2,17,19)(H,20,23). The number of carbonyl (C=O) groups is 1. The van der Waals surface area contributed by atoms with Crippen LogP contribution in [0.5, 0.6) is 0 Å². The first-order valence-corrected chi connectivity index (χ1v) is 8.98. The normalized spacial score (nSPS) is 16.2. The van der Waals surface area contributed by atoms with E-state index >= 15 is 0 Å². The number of anilines is 1. The Morgan fingerprint density at radius 1 is 1.38 bits per heavy atom. The van der Waals surface area contributed by atoms with E-state index in [0.29, 0.717) is 12.5 Å². The second-order valence-corrected chi connectivity index (χ2v) is 7.14. The lowest BCUT2D eigenvalue weighted by molar-refractivity contribution is 0.0931. The first kappa shape index (κ1) is 16.8. The van der Waals surface area contributed by atoms with Crippen molar-refractivity contribution in [2.45, 2.75) is 26.3 Å². The van der Waals surface area contributed by atoms with E-state index in [1.165, 1.54) is 12.4 Å². The molecule has 7 nitrogen and oxygen atoms in total. The fourth-order valence-corrected chi connectivity index (χ4v) is 3.51. The van der Waals surface area contributed by atoms with Crippen molar-refractivity contribution in [1.29, 1.82) is 0 Å². The van der Waals surface area contributed by atoms with E-state index in [-0.39, 0.29) is 17.4 Å². The third-order valence-electron chi connectivity index (χ3n) is 4.25. The van der Waals surface area contributed by atoms with Crippen molar-refractivity contribution in [2.75, 3.05) is 25.4 Å². The van der Waals surface area contributed by atoms with Crippen molar-refractivity contribution in [3.8, 4) is 0 Å². The number of hydrogen-bond donors (Lipinski definition) is 2. The van der Waals surface area contributed by atoms with Gasteiger partial charge in [-0.2, -0.15) is 0 Å². The van der Waals surface area contributed by atoms with Crippen LogP contribution in [-0.2, 0) is 6.54 Å². The predicted octanol–water partition coefficient (Wildman–Crippen LogP) is 1.47. The summed E-state index contributed by atoms with van der Waals surface area (Å²) in [4.78, 5) is 26.9. The minimum atomic E-state index is -0.249. The average molecular weight is 346 g/mol. The van der Waals surface area contributed by atoms with Gasteiger partial charge in [0, 0.05) is 30.9 Å². The summed E-state index contributed by atoms with van der Waals surface area (Å²) in [7, 11) is 0. The molecule has 128 valence electrons. The number of nitrogens with one attached hydrogen (secondary N) is 1. The van der Waals surface area contributed by atoms with Crippen molar-refractivity contribution >= 4 is 23.1 Å². The molecule has 0 atom stereocenters. The van der Waals surface area contributed by atoms with Crippen LogP contribution >= 0.6 is 11.3 Å². The monoisotopic (exact) mass is 346 g/mol. The fourth-order valence-electron chi connectivity index (χ4n) is 2.90. The molecule has 8 heteroatoms. The van der Waals surface area contributed by atoms with Crippen molar-refractivity contribution in [2.24, 2.45) is 5.92 Å². The van der Waals surface area contributed by atoms with Gasteiger partial charge in [0.1, 0.15) is 0 Å². The van der Waals surface area contributed by atoms with Gasteiger partial charge in [0.25, 0.3) is 5.91 Å². The van der Waals surface area contributed by atoms with Crippen LogP contribution in [0, 0.1) is 12.8 Å². The SMILES string of the molecule is Cc1nc(CN2CCC(CNC(=O)c3nccnc3N)CC2)cs1. The zero-order chi connectivity index (χ0) is 16.9. The van der Waals surface area contributed by atoms with E-state index in [2.05, 4.69) is 30.5 Å². The van der Waals surface area contributed by atoms with Crippen LogP contribution in [0.1, 0.15) is 34.0 Å². The van der Waals surface area contributed by atoms with Crippen LogP contribution in [0.3, 0.4) is 0 Å². The number of piperidine rings is 1. The van der Waals surface area contributed by atoms with Gasteiger partial charge in [0.05, 0.1) is 10.7 Å². The summed E-state index contributed by atoms with van der Waals surface area (Å²) in [6, 6.07) is 0. The lowest BCUT2D eigenvalue weighted by Crippen LogP contribution is -2.38. The van der Waals surface area contributed by atoms with Crippen molar-refractivity contribution < 1.29 is 4.79 Å². The number of nitrogen functional groups attached to an aromatic ring is 1. The number of nitrogens with zero attached hydrogens (tertiary/aromatic N) is 4. The van der Waals surface area contributed by atoms with E-state index in [9.17, 15) is 4.79 Å². The van der Waals surface area contributed by atoms with Gasteiger partial charge in [-0.3, -0.25) is 9.69 Å². The summed E-state index contributed by atoms with van der Waals surface area (Å²) in [5.41, 5.74) is 7.03. The maximum atomic E-state index is 12.1. The van der Waals surface area contributed by atoms with Crippen LogP contribution in [0.25, 0.3) is 0 Å².